The number of carbonyl (C=O) groups excluding carboxylic acids is 1. The summed E-state index contributed by atoms with van der Waals surface area (Å²) in [6, 6.07) is 0. The zero-order valence-electron chi connectivity index (χ0n) is 10.3. The number of aryl methyl sites for hydroxylation is 1. The molecule has 5 nitrogen and oxygen atoms in total. The molecular weight excluding hydrogens is 240 g/mol. The Morgan fingerprint density at radius 3 is 2.71 bits per heavy atom. The number of nitrogens with one attached hydrogen (secondary N) is 1. The van der Waals surface area contributed by atoms with Crippen molar-refractivity contribution in [3.8, 4) is 0 Å². The van der Waals surface area contributed by atoms with Gasteiger partial charge in [0.15, 0.2) is 0 Å². The van der Waals surface area contributed by atoms with Gasteiger partial charge in [0.2, 0.25) is 5.91 Å². The number of rotatable bonds is 5. The van der Waals surface area contributed by atoms with Crippen molar-refractivity contribution < 1.29 is 9.90 Å². The van der Waals surface area contributed by atoms with Gasteiger partial charge in [0, 0.05) is 23.2 Å². The predicted octanol–water partition coefficient (Wildman–Crippen LogP) is 0.495. The average Bonchev–Trinajstić information content (AvgIpc) is 2.48. The van der Waals surface area contributed by atoms with Crippen LogP contribution < -0.4 is 10.2 Å². The molecule has 0 fully saturated rings. The molecule has 0 atom stereocenters. The maximum absolute atomic E-state index is 11.8. The number of carbonyl (C=O) groups is 1. The van der Waals surface area contributed by atoms with E-state index in [0.29, 0.717) is 6.42 Å². The van der Waals surface area contributed by atoms with Crippen LogP contribution in [0.4, 0.5) is 0 Å². The van der Waals surface area contributed by atoms with Crippen molar-refractivity contribution in [2.45, 2.75) is 39.3 Å². The second-order valence-corrected chi connectivity index (χ2v) is 5.46. The van der Waals surface area contributed by atoms with Crippen LogP contribution in [-0.4, -0.2) is 27.7 Å². The smallest absolute Gasteiger partial charge is 0.307 e. The van der Waals surface area contributed by atoms with E-state index < -0.39 is 5.54 Å². The predicted molar refractivity (Wildman–Crippen MR) is 67.2 cm³/mol. The molecule has 2 N–H and O–H groups in total. The number of nitrogens with zero attached hydrogens (tertiary/aromatic N) is 1. The van der Waals surface area contributed by atoms with Crippen molar-refractivity contribution in [2.75, 3.05) is 6.61 Å². The van der Waals surface area contributed by atoms with E-state index >= 15 is 0 Å². The van der Waals surface area contributed by atoms with E-state index in [0.717, 1.165) is 17.0 Å². The van der Waals surface area contributed by atoms with Crippen LogP contribution in [0.1, 0.15) is 26.0 Å². The van der Waals surface area contributed by atoms with Crippen molar-refractivity contribution in [3.63, 3.8) is 0 Å². The Hall–Kier alpha value is -1.14. The molecule has 1 heterocycles. The molecule has 0 saturated carbocycles. The summed E-state index contributed by atoms with van der Waals surface area (Å²) < 4.78 is 1.44. The van der Waals surface area contributed by atoms with E-state index in [1.165, 1.54) is 4.57 Å². The maximum Gasteiger partial charge on any atom is 0.307 e. The summed E-state index contributed by atoms with van der Waals surface area (Å²) in [7, 11) is 0. The third kappa shape index (κ3) is 3.98. The number of amides is 1. The Morgan fingerprint density at radius 1 is 1.59 bits per heavy atom. The van der Waals surface area contributed by atoms with Gasteiger partial charge in [0.1, 0.15) is 6.54 Å². The van der Waals surface area contributed by atoms with Crippen molar-refractivity contribution in [2.24, 2.45) is 0 Å². The Bertz CT molecular complexity index is 448. The number of hydrogen-bond donors (Lipinski definition) is 2. The molecule has 0 spiro atoms. The molecule has 6 heteroatoms. The third-order valence-corrected chi connectivity index (χ3v) is 3.37. The lowest BCUT2D eigenvalue weighted by molar-refractivity contribution is -0.123. The summed E-state index contributed by atoms with van der Waals surface area (Å²) >= 11 is 1.09. The van der Waals surface area contributed by atoms with Crippen LogP contribution in [0.2, 0.25) is 0 Å². The van der Waals surface area contributed by atoms with Gasteiger partial charge in [-0.05, 0) is 27.2 Å². The molecule has 0 unspecified atom stereocenters. The third-order valence-electron chi connectivity index (χ3n) is 2.49. The first-order valence-corrected chi connectivity index (χ1v) is 6.30. The SMILES string of the molecule is Cc1csc(=O)n1CC(=O)NC(C)(C)CCO. The van der Waals surface area contributed by atoms with Crippen LogP contribution in [0.25, 0.3) is 0 Å². The number of thiazole rings is 1. The summed E-state index contributed by atoms with van der Waals surface area (Å²) in [6.07, 6.45) is 0.482. The molecule has 0 aromatic carbocycles. The number of aliphatic hydroxyl groups is 1. The second kappa shape index (κ2) is 5.46. The fraction of sp³-hybridized carbons (Fsp3) is 0.636. The lowest BCUT2D eigenvalue weighted by atomic mass is 10.0. The Kier molecular flexibility index (Phi) is 4.47. The molecule has 1 rings (SSSR count). The highest BCUT2D eigenvalue weighted by molar-refractivity contribution is 7.07. The van der Waals surface area contributed by atoms with Gasteiger partial charge < -0.3 is 10.4 Å². The molecule has 1 aromatic heterocycles. The maximum atomic E-state index is 11.8. The van der Waals surface area contributed by atoms with Crippen LogP contribution in [-0.2, 0) is 11.3 Å². The summed E-state index contributed by atoms with van der Waals surface area (Å²) in [5, 5.41) is 13.4. The molecule has 17 heavy (non-hydrogen) atoms. The van der Waals surface area contributed by atoms with Gasteiger partial charge >= 0.3 is 4.87 Å². The van der Waals surface area contributed by atoms with Crippen LogP contribution in [0.5, 0.6) is 0 Å². The molecule has 0 bridgehead atoms. The van der Waals surface area contributed by atoms with Crippen molar-refractivity contribution in [3.05, 3.63) is 20.7 Å². The zero-order valence-corrected chi connectivity index (χ0v) is 11.1. The van der Waals surface area contributed by atoms with E-state index in [1.807, 2.05) is 13.8 Å². The summed E-state index contributed by atoms with van der Waals surface area (Å²) in [6.45, 7) is 5.52. The Morgan fingerprint density at radius 2 is 2.24 bits per heavy atom. The van der Waals surface area contributed by atoms with E-state index in [4.69, 9.17) is 5.11 Å². The van der Waals surface area contributed by atoms with Gasteiger partial charge in [-0.25, -0.2) is 0 Å². The number of hydrogen-bond acceptors (Lipinski definition) is 4. The highest BCUT2D eigenvalue weighted by atomic mass is 32.1. The van der Waals surface area contributed by atoms with Crippen molar-refractivity contribution in [1.29, 1.82) is 0 Å². The highest BCUT2D eigenvalue weighted by Gasteiger charge is 2.20. The van der Waals surface area contributed by atoms with E-state index in [2.05, 4.69) is 5.32 Å². The Labute approximate surface area is 104 Å². The average molecular weight is 258 g/mol. The zero-order chi connectivity index (χ0) is 13.1. The van der Waals surface area contributed by atoms with Crippen LogP contribution in [0.3, 0.4) is 0 Å². The van der Waals surface area contributed by atoms with Gasteiger partial charge in [-0.1, -0.05) is 11.3 Å². The van der Waals surface area contributed by atoms with Crippen molar-refractivity contribution in [1.82, 2.24) is 9.88 Å². The van der Waals surface area contributed by atoms with Crippen LogP contribution >= 0.6 is 11.3 Å². The van der Waals surface area contributed by atoms with Gasteiger partial charge in [0.25, 0.3) is 0 Å². The van der Waals surface area contributed by atoms with Gasteiger partial charge in [0.05, 0.1) is 0 Å². The first kappa shape index (κ1) is 13.9. The minimum absolute atomic E-state index is 0.0186. The first-order chi connectivity index (χ1) is 7.85. The lowest BCUT2D eigenvalue weighted by Crippen LogP contribution is -2.46. The minimum atomic E-state index is -0.459. The summed E-state index contributed by atoms with van der Waals surface area (Å²) in [4.78, 5) is 23.1. The van der Waals surface area contributed by atoms with E-state index in [9.17, 15) is 9.59 Å². The molecule has 1 amide bonds. The quantitative estimate of drug-likeness (QED) is 0.807. The standard InChI is InChI=1S/C11H18N2O3S/c1-8-7-17-10(16)13(8)6-9(15)12-11(2,3)4-5-14/h7,14H,4-6H2,1-3H3,(H,12,15). The topological polar surface area (TPSA) is 71.3 Å². The largest absolute Gasteiger partial charge is 0.396 e. The Balaban J connectivity index is 2.65. The fourth-order valence-electron chi connectivity index (χ4n) is 1.50. The molecule has 1 aromatic rings. The highest BCUT2D eigenvalue weighted by Crippen LogP contribution is 2.07. The summed E-state index contributed by atoms with van der Waals surface area (Å²) in [5.74, 6) is -0.216. The fourth-order valence-corrected chi connectivity index (χ4v) is 2.23. The van der Waals surface area contributed by atoms with E-state index in [1.54, 1.807) is 12.3 Å². The normalized spacial score (nSPS) is 11.5. The first-order valence-electron chi connectivity index (χ1n) is 5.42. The number of aliphatic hydroxyl groups excluding tert-OH is 1. The minimum Gasteiger partial charge on any atom is -0.396 e. The molecule has 0 aliphatic carbocycles. The van der Waals surface area contributed by atoms with Crippen LogP contribution in [0.15, 0.2) is 10.2 Å². The second-order valence-electron chi connectivity index (χ2n) is 4.63. The van der Waals surface area contributed by atoms with Gasteiger partial charge in [-0.2, -0.15) is 0 Å². The molecule has 0 aliphatic heterocycles. The molecule has 0 saturated heterocycles. The molecule has 96 valence electrons. The van der Waals surface area contributed by atoms with Crippen LogP contribution in [0, 0.1) is 6.92 Å². The van der Waals surface area contributed by atoms with Gasteiger partial charge in [-0.15, -0.1) is 0 Å². The summed E-state index contributed by atoms with van der Waals surface area (Å²) in [5.41, 5.74) is 0.328. The van der Waals surface area contributed by atoms with E-state index in [-0.39, 0.29) is 23.9 Å². The lowest BCUT2D eigenvalue weighted by Gasteiger charge is -2.25. The number of aromatic nitrogens is 1. The molecule has 0 radical (unpaired) electrons. The monoisotopic (exact) mass is 258 g/mol. The molecular formula is C11H18N2O3S. The van der Waals surface area contributed by atoms with Gasteiger partial charge in [-0.3, -0.25) is 14.2 Å². The van der Waals surface area contributed by atoms with Crippen molar-refractivity contribution >= 4 is 17.2 Å². The molecule has 0 aliphatic rings.